The summed E-state index contributed by atoms with van der Waals surface area (Å²) in [5.41, 5.74) is 6.35. The van der Waals surface area contributed by atoms with Gasteiger partial charge in [-0.2, -0.15) is 13.2 Å². The third-order valence-corrected chi connectivity index (χ3v) is 2.00. The molecule has 0 heterocycles. The molecule has 1 aromatic carbocycles. The van der Waals surface area contributed by atoms with Crippen molar-refractivity contribution in [2.45, 2.75) is 6.18 Å². The molecule has 0 unspecified atom stereocenters. The van der Waals surface area contributed by atoms with Crippen LogP contribution in [0.25, 0.3) is 0 Å². The fraction of sp³-hybridized carbons (Fsp3) is 0.300. The summed E-state index contributed by atoms with van der Waals surface area (Å²) in [5.74, 6) is 0. The SMILES string of the molecule is CN(C(=O)NCC(F)(F)F)c1cccc(N)c1. The number of anilines is 2. The van der Waals surface area contributed by atoms with Crippen LogP contribution in [0.1, 0.15) is 0 Å². The number of benzene rings is 1. The normalized spacial score (nSPS) is 11.1. The van der Waals surface area contributed by atoms with E-state index >= 15 is 0 Å². The van der Waals surface area contributed by atoms with Gasteiger partial charge >= 0.3 is 12.2 Å². The molecule has 4 nitrogen and oxygen atoms in total. The number of halogens is 3. The van der Waals surface area contributed by atoms with E-state index in [-0.39, 0.29) is 0 Å². The molecule has 0 aliphatic rings. The summed E-state index contributed by atoms with van der Waals surface area (Å²) in [6, 6.07) is 5.45. The minimum absolute atomic E-state index is 0.421. The first-order chi connectivity index (χ1) is 7.79. The van der Waals surface area contributed by atoms with Crippen LogP contribution in [0.2, 0.25) is 0 Å². The Morgan fingerprint density at radius 1 is 1.47 bits per heavy atom. The molecular formula is C10H12F3N3O. The highest BCUT2D eigenvalue weighted by Crippen LogP contribution is 2.17. The number of hydrogen-bond donors (Lipinski definition) is 2. The van der Waals surface area contributed by atoms with E-state index in [2.05, 4.69) is 0 Å². The molecule has 0 bridgehead atoms. The predicted molar refractivity (Wildman–Crippen MR) is 58.7 cm³/mol. The number of nitrogens with one attached hydrogen (secondary N) is 1. The number of amides is 2. The summed E-state index contributed by atoms with van der Waals surface area (Å²) in [5, 5.41) is 1.76. The van der Waals surface area contributed by atoms with Gasteiger partial charge in [0.15, 0.2) is 0 Å². The Balaban J connectivity index is 2.64. The van der Waals surface area contributed by atoms with Crippen LogP contribution >= 0.6 is 0 Å². The van der Waals surface area contributed by atoms with E-state index in [9.17, 15) is 18.0 Å². The monoisotopic (exact) mass is 247 g/mol. The van der Waals surface area contributed by atoms with Gasteiger partial charge in [0.05, 0.1) is 0 Å². The zero-order valence-electron chi connectivity index (χ0n) is 9.08. The molecule has 0 saturated heterocycles. The van der Waals surface area contributed by atoms with Crippen LogP contribution in [-0.4, -0.2) is 25.8 Å². The molecule has 0 spiro atoms. The van der Waals surface area contributed by atoms with Crippen LogP contribution in [0, 0.1) is 0 Å². The van der Waals surface area contributed by atoms with Gasteiger partial charge in [0.2, 0.25) is 0 Å². The third-order valence-electron chi connectivity index (χ3n) is 2.00. The van der Waals surface area contributed by atoms with Gasteiger partial charge in [-0.05, 0) is 18.2 Å². The number of urea groups is 1. The van der Waals surface area contributed by atoms with Crippen LogP contribution in [0.5, 0.6) is 0 Å². The second kappa shape index (κ2) is 4.94. The highest BCUT2D eigenvalue weighted by Gasteiger charge is 2.28. The Labute approximate surface area is 96.2 Å². The molecule has 0 radical (unpaired) electrons. The van der Waals surface area contributed by atoms with Gasteiger partial charge in [0.1, 0.15) is 6.54 Å². The quantitative estimate of drug-likeness (QED) is 0.785. The highest BCUT2D eigenvalue weighted by atomic mass is 19.4. The van der Waals surface area contributed by atoms with E-state index in [1.165, 1.54) is 13.1 Å². The van der Waals surface area contributed by atoms with E-state index in [1.807, 2.05) is 0 Å². The van der Waals surface area contributed by atoms with Crippen molar-refractivity contribution in [2.24, 2.45) is 0 Å². The third kappa shape index (κ3) is 4.21. The minimum Gasteiger partial charge on any atom is -0.399 e. The summed E-state index contributed by atoms with van der Waals surface area (Å²) >= 11 is 0. The molecular weight excluding hydrogens is 235 g/mol. The first kappa shape index (κ1) is 13.1. The summed E-state index contributed by atoms with van der Waals surface area (Å²) in [4.78, 5) is 12.4. The number of alkyl halides is 3. The van der Waals surface area contributed by atoms with Crippen molar-refractivity contribution in [1.29, 1.82) is 0 Å². The molecule has 0 aliphatic heterocycles. The Bertz CT molecular complexity index is 406. The number of nitrogens with zero attached hydrogens (tertiary/aromatic N) is 1. The molecule has 1 rings (SSSR count). The van der Waals surface area contributed by atoms with E-state index in [0.29, 0.717) is 11.4 Å². The van der Waals surface area contributed by atoms with Gasteiger partial charge in [-0.1, -0.05) is 6.07 Å². The first-order valence-corrected chi connectivity index (χ1v) is 4.73. The molecule has 94 valence electrons. The molecule has 0 atom stereocenters. The molecule has 1 aromatic rings. The summed E-state index contributed by atoms with van der Waals surface area (Å²) in [6.45, 7) is -1.36. The molecule has 7 heteroatoms. The number of nitrogen functional groups attached to an aromatic ring is 1. The smallest absolute Gasteiger partial charge is 0.399 e. The van der Waals surface area contributed by atoms with Crippen LogP contribution in [0.15, 0.2) is 24.3 Å². The van der Waals surface area contributed by atoms with Crippen molar-refractivity contribution in [1.82, 2.24) is 5.32 Å². The molecule has 0 saturated carbocycles. The maximum absolute atomic E-state index is 11.9. The van der Waals surface area contributed by atoms with Gasteiger partial charge in [0, 0.05) is 18.4 Å². The molecule has 17 heavy (non-hydrogen) atoms. The Morgan fingerprint density at radius 2 is 2.12 bits per heavy atom. The zero-order valence-corrected chi connectivity index (χ0v) is 9.08. The van der Waals surface area contributed by atoms with Crippen molar-refractivity contribution in [3.8, 4) is 0 Å². The van der Waals surface area contributed by atoms with Gasteiger partial charge in [-0.25, -0.2) is 4.79 Å². The van der Waals surface area contributed by atoms with Gasteiger partial charge in [-0.15, -0.1) is 0 Å². The van der Waals surface area contributed by atoms with Crippen molar-refractivity contribution in [3.63, 3.8) is 0 Å². The second-order valence-electron chi connectivity index (χ2n) is 3.43. The summed E-state index contributed by atoms with van der Waals surface area (Å²) < 4.78 is 35.7. The molecule has 2 amide bonds. The van der Waals surface area contributed by atoms with Crippen molar-refractivity contribution in [3.05, 3.63) is 24.3 Å². The largest absolute Gasteiger partial charge is 0.405 e. The number of hydrogen-bond acceptors (Lipinski definition) is 2. The van der Waals surface area contributed by atoms with E-state index in [1.54, 1.807) is 23.5 Å². The molecule has 3 N–H and O–H groups in total. The lowest BCUT2D eigenvalue weighted by Crippen LogP contribution is -2.41. The van der Waals surface area contributed by atoms with Crippen LogP contribution in [-0.2, 0) is 0 Å². The number of carbonyl (C=O) groups is 1. The minimum atomic E-state index is -4.42. The number of carbonyl (C=O) groups excluding carboxylic acids is 1. The highest BCUT2D eigenvalue weighted by molar-refractivity contribution is 5.91. The number of rotatable bonds is 2. The van der Waals surface area contributed by atoms with Crippen molar-refractivity contribution >= 4 is 17.4 Å². The Morgan fingerprint density at radius 3 is 2.65 bits per heavy atom. The fourth-order valence-corrected chi connectivity index (χ4v) is 1.15. The average molecular weight is 247 g/mol. The van der Waals surface area contributed by atoms with Gasteiger partial charge in [-0.3, -0.25) is 4.90 Å². The average Bonchev–Trinajstić information content (AvgIpc) is 2.24. The van der Waals surface area contributed by atoms with Crippen LogP contribution in [0.3, 0.4) is 0 Å². The van der Waals surface area contributed by atoms with Crippen LogP contribution < -0.4 is 16.0 Å². The maximum Gasteiger partial charge on any atom is 0.405 e. The van der Waals surface area contributed by atoms with E-state index in [4.69, 9.17) is 5.73 Å². The second-order valence-corrected chi connectivity index (χ2v) is 3.43. The Hall–Kier alpha value is -1.92. The fourth-order valence-electron chi connectivity index (χ4n) is 1.15. The lowest BCUT2D eigenvalue weighted by atomic mass is 10.2. The standard InChI is InChI=1S/C10H12F3N3O/c1-16(8-4-2-3-7(14)5-8)9(17)15-6-10(11,12)13/h2-5H,6,14H2,1H3,(H,15,17). The molecule has 0 fully saturated rings. The molecule has 0 aromatic heterocycles. The lowest BCUT2D eigenvalue weighted by molar-refractivity contribution is -0.122. The Kier molecular flexibility index (Phi) is 3.82. The van der Waals surface area contributed by atoms with Crippen LogP contribution in [0.4, 0.5) is 29.3 Å². The topological polar surface area (TPSA) is 58.4 Å². The van der Waals surface area contributed by atoms with E-state index in [0.717, 1.165) is 4.90 Å². The maximum atomic E-state index is 11.9. The predicted octanol–water partition coefficient (Wildman–Crippen LogP) is 1.98. The zero-order chi connectivity index (χ0) is 13.1. The van der Waals surface area contributed by atoms with Gasteiger partial charge < -0.3 is 11.1 Å². The van der Waals surface area contributed by atoms with Gasteiger partial charge in [0.25, 0.3) is 0 Å². The summed E-state index contributed by atoms with van der Waals surface area (Å²) in [6.07, 6.45) is -4.42. The van der Waals surface area contributed by atoms with Crippen molar-refractivity contribution in [2.75, 3.05) is 24.2 Å². The number of nitrogens with two attached hydrogens (primary N) is 1. The first-order valence-electron chi connectivity index (χ1n) is 4.73. The lowest BCUT2D eigenvalue weighted by Gasteiger charge is -2.19. The van der Waals surface area contributed by atoms with E-state index < -0.39 is 18.8 Å². The summed E-state index contributed by atoms with van der Waals surface area (Å²) in [7, 11) is 1.36. The van der Waals surface area contributed by atoms with Crippen molar-refractivity contribution < 1.29 is 18.0 Å². The molecule has 0 aliphatic carbocycles.